The van der Waals surface area contributed by atoms with Crippen LogP contribution in [0.3, 0.4) is 0 Å². The number of benzene rings is 4. The number of unbranched alkanes of at least 4 members (excludes halogenated alkanes) is 2. The molecule has 0 unspecified atom stereocenters. The first-order chi connectivity index (χ1) is 24.9. The highest BCUT2D eigenvalue weighted by Crippen LogP contribution is 2.29. The molecule has 0 aromatic heterocycles. The van der Waals surface area contributed by atoms with E-state index in [2.05, 4.69) is 43.8 Å². The molecule has 0 radical (unpaired) electrons. The maximum absolute atomic E-state index is 11.0. The van der Waals surface area contributed by atoms with Gasteiger partial charge in [-0.25, -0.2) is 9.59 Å². The van der Waals surface area contributed by atoms with Gasteiger partial charge < -0.3 is 18.9 Å². The van der Waals surface area contributed by atoms with Crippen LogP contribution in [0.5, 0.6) is 11.5 Å². The molecule has 0 N–H and O–H groups in total. The Morgan fingerprint density at radius 1 is 0.510 bits per heavy atom. The van der Waals surface area contributed by atoms with E-state index in [0.29, 0.717) is 67.7 Å². The molecule has 4 rings (SSSR count). The van der Waals surface area contributed by atoms with Crippen LogP contribution in [0, 0.1) is 6.92 Å². The molecule has 12 heteroatoms. The fourth-order valence-corrected chi connectivity index (χ4v) is 4.21. The first-order valence-corrected chi connectivity index (χ1v) is 16.4. The molecule has 262 valence electrons. The summed E-state index contributed by atoms with van der Waals surface area (Å²) in [5, 5.41) is 26.0. The van der Waals surface area contributed by atoms with E-state index in [4.69, 9.17) is 18.9 Å². The van der Waals surface area contributed by atoms with E-state index in [1.54, 1.807) is 0 Å². The Morgan fingerprint density at radius 3 is 1.27 bits per heavy atom. The van der Waals surface area contributed by atoms with Gasteiger partial charge in [0.1, 0.15) is 11.5 Å². The Labute approximate surface area is 297 Å². The van der Waals surface area contributed by atoms with Gasteiger partial charge in [0.05, 0.1) is 60.6 Å². The average molecular weight is 689 g/mol. The molecule has 0 saturated heterocycles. The second-order valence-corrected chi connectivity index (χ2v) is 10.9. The largest absolute Gasteiger partial charge is 0.494 e. The van der Waals surface area contributed by atoms with E-state index in [9.17, 15) is 9.59 Å². The van der Waals surface area contributed by atoms with Crippen molar-refractivity contribution in [1.82, 2.24) is 0 Å². The van der Waals surface area contributed by atoms with Gasteiger partial charge in [0.25, 0.3) is 0 Å². The van der Waals surface area contributed by atoms with E-state index in [1.807, 2.05) is 97.9 Å². The topological polar surface area (TPSA) is 145 Å². The number of carbonyl (C=O) groups excluding carboxylic acids is 2. The zero-order valence-corrected chi connectivity index (χ0v) is 28.5. The quantitative estimate of drug-likeness (QED) is 0.0391. The third kappa shape index (κ3) is 14.0. The average Bonchev–Trinajstić information content (AvgIpc) is 3.16. The summed E-state index contributed by atoms with van der Waals surface area (Å²) in [5.41, 5.74) is 5.08. The number of aryl methyl sites for hydroxylation is 1. The fraction of sp³-hybridized carbons (Fsp3) is 0.231. The Bertz CT molecular complexity index is 1820. The standard InChI is InChI=1S/C39H40N6O6/c1-4-38(46)50-26-8-6-24-48-35-19-14-32(15-20-35)41-40-30-10-12-31(13-11-30)43-45-37-23-18-34(28-29(37)3)44-42-33-16-21-36(22-17-33)49-25-7-9-27-51-39(47)5-2/h4-5,10-23,28H,1-2,6-9,24-27H2,3H3. The van der Waals surface area contributed by atoms with Crippen molar-refractivity contribution in [1.29, 1.82) is 0 Å². The Balaban J connectivity index is 1.19. The normalized spacial score (nSPS) is 11.2. The van der Waals surface area contributed by atoms with Gasteiger partial charge in [-0.2, -0.15) is 30.7 Å². The zero-order valence-electron chi connectivity index (χ0n) is 28.5. The molecule has 0 fully saturated rings. The monoisotopic (exact) mass is 688 g/mol. The molecule has 12 nitrogen and oxygen atoms in total. The zero-order chi connectivity index (χ0) is 36.1. The van der Waals surface area contributed by atoms with Crippen molar-refractivity contribution in [3.63, 3.8) is 0 Å². The highest BCUT2D eigenvalue weighted by Gasteiger charge is 2.02. The number of azo groups is 3. The number of nitrogens with zero attached hydrogens (tertiary/aromatic N) is 6. The van der Waals surface area contributed by atoms with Gasteiger partial charge >= 0.3 is 11.9 Å². The molecule has 4 aromatic rings. The molecule has 0 heterocycles. The first-order valence-electron chi connectivity index (χ1n) is 16.4. The highest BCUT2D eigenvalue weighted by atomic mass is 16.5. The maximum atomic E-state index is 11.0. The van der Waals surface area contributed by atoms with Gasteiger partial charge in [-0.05, 0) is 129 Å². The summed E-state index contributed by atoms with van der Waals surface area (Å²) in [5.74, 6) is 0.623. The number of carbonyl (C=O) groups is 2. The lowest BCUT2D eigenvalue weighted by molar-refractivity contribution is -0.138. The van der Waals surface area contributed by atoms with Crippen molar-refractivity contribution in [2.75, 3.05) is 26.4 Å². The molecule has 0 amide bonds. The van der Waals surface area contributed by atoms with Crippen LogP contribution >= 0.6 is 0 Å². The molecule has 0 aliphatic carbocycles. The predicted molar refractivity (Wildman–Crippen MR) is 195 cm³/mol. The lowest BCUT2D eigenvalue weighted by Crippen LogP contribution is -2.04. The molecule has 4 aromatic carbocycles. The number of hydrogen-bond donors (Lipinski definition) is 0. The fourth-order valence-electron chi connectivity index (χ4n) is 4.21. The lowest BCUT2D eigenvalue weighted by Gasteiger charge is -2.06. The number of esters is 2. The molecular formula is C39H40N6O6. The lowest BCUT2D eigenvalue weighted by atomic mass is 10.2. The summed E-state index contributed by atoms with van der Waals surface area (Å²) in [6.45, 7) is 10.4. The Kier molecular flexibility index (Phi) is 15.4. The smallest absolute Gasteiger partial charge is 0.330 e. The van der Waals surface area contributed by atoms with Gasteiger partial charge in [-0.1, -0.05) is 13.2 Å². The van der Waals surface area contributed by atoms with Crippen molar-refractivity contribution in [3.05, 3.63) is 122 Å². The highest BCUT2D eigenvalue weighted by molar-refractivity contribution is 5.81. The maximum Gasteiger partial charge on any atom is 0.330 e. The van der Waals surface area contributed by atoms with Crippen molar-refractivity contribution < 1.29 is 28.5 Å². The summed E-state index contributed by atoms with van der Waals surface area (Å²) in [4.78, 5) is 22.1. The van der Waals surface area contributed by atoms with Crippen LogP contribution in [0.2, 0.25) is 0 Å². The number of rotatable bonds is 20. The third-order valence-electron chi connectivity index (χ3n) is 6.98. The molecule has 0 aliphatic rings. The minimum atomic E-state index is -0.416. The van der Waals surface area contributed by atoms with Gasteiger partial charge in [-0.15, -0.1) is 0 Å². The van der Waals surface area contributed by atoms with E-state index in [1.165, 1.54) is 0 Å². The van der Waals surface area contributed by atoms with Crippen molar-refractivity contribution >= 4 is 46.1 Å². The summed E-state index contributed by atoms with van der Waals surface area (Å²) in [6, 6.07) is 27.6. The van der Waals surface area contributed by atoms with Gasteiger partial charge in [0.15, 0.2) is 0 Å². The van der Waals surface area contributed by atoms with E-state index in [-0.39, 0.29) is 0 Å². The van der Waals surface area contributed by atoms with E-state index < -0.39 is 11.9 Å². The van der Waals surface area contributed by atoms with Crippen LogP contribution < -0.4 is 9.47 Å². The molecule has 51 heavy (non-hydrogen) atoms. The van der Waals surface area contributed by atoms with Gasteiger partial charge in [-0.3, -0.25) is 0 Å². The molecule has 0 spiro atoms. The van der Waals surface area contributed by atoms with Crippen LogP contribution in [-0.4, -0.2) is 38.4 Å². The summed E-state index contributed by atoms with van der Waals surface area (Å²) in [7, 11) is 0. The van der Waals surface area contributed by atoms with Crippen LogP contribution in [0.1, 0.15) is 31.2 Å². The molecule has 0 aliphatic heterocycles. The minimum Gasteiger partial charge on any atom is -0.494 e. The van der Waals surface area contributed by atoms with Crippen molar-refractivity contribution in [2.24, 2.45) is 30.7 Å². The summed E-state index contributed by atoms with van der Waals surface area (Å²) < 4.78 is 21.3. The second-order valence-electron chi connectivity index (χ2n) is 10.9. The SMILES string of the molecule is C=CC(=O)OCCCCOc1ccc(N=Nc2ccc(N=Nc3ccc(N=Nc4ccc(OCCCCOC(=O)C=C)cc4)cc3C)cc2)cc1. The van der Waals surface area contributed by atoms with E-state index in [0.717, 1.165) is 47.7 Å². The van der Waals surface area contributed by atoms with Crippen LogP contribution in [0.15, 0.2) is 147 Å². The van der Waals surface area contributed by atoms with E-state index >= 15 is 0 Å². The van der Waals surface area contributed by atoms with Gasteiger partial charge in [0.2, 0.25) is 0 Å². The Hall–Kier alpha value is -6.30. The first kappa shape index (κ1) is 37.5. The van der Waals surface area contributed by atoms with Crippen LogP contribution in [0.25, 0.3) is 0 Å². The Morgan fingerprint density at radius 2 is 0.863 bits per heavy atom. The number of ether oxygens (including phenoxy) is 4. The van der Waals surface area contributed by atoms with Crippen molar-refractivity contribution in [2.45, 2.75) is 32.6 Å². The minimum absolute atomic E-state index is 0.346. The summed E-state index contributed by atoms with van der Waals surface area (Å²) in [6.07, 6.45) is 5.25. The second kappa shape index (κ2) is 20.9. The number of hydrogen-bond acceptors (Lipinski definition) is 12. The third-order valence-corrected chi connectivity index (χ3v) is 6.98. The molecule has 0 atom stereocenters. The molecule has 0 bridgehead atoms. The van der Waals surface area contributed by atoms with Crippen molar-refractivity contribution in [3.8, 4) is 11.5 Å². The van der Waals surface area contributed by atoms with Crippen LogP contribution in [0.4, 0.5) is 34.1 Å². The predicted octanol–water partition coefficient (Wildman–Crippen LogP) is 11.0. The summed E-state index contributed by atoms with van der Waals surface area (Å²) >= 11 is 0. The molecule has 0 saturated carbocycles. The van der Waals surface area contributed by atoms with Crippen LogP contribution in [-0.2, 0) is 19.1 Å². The molecular weight excluding hydrogens is 648 g/mol. The van der Waals surface area contributed by atoms with Gasteiger partial charge in [0, 0.05) is 12.2 Å².